The van der Waals surface area contributed by atoms with E-state index in [9.17, 15) is 0 Å². The number of hydrogen-bond donors (Lipinski definition) is 0. The molecule has 354 valence electrons. The molecule has 10 aromatic carbocycles. The first-order chi connectivity index (χ1) is 37.8. The Hall–Kier alpha value is -10.3. The van der Waals surface area contributed by atoms with Crippen LogP contribution in [-0.4, -0.2) is 28.2 Å². The van der Waals surface area contributed by atoms with Crippen LogP contribution in [0.15, 0.2) is 267 Å². The molecule has 16 rings (SSSR count). The van der Waals surface area contributed by atoms with Crippen LogP contribution in [0.1, 0.15) is 0 Å². The SMILES string of the molecule is c1ccc(-c2cc(-c3ccccc3)nc(-c3c(-n4c5ccccc5c5ccccc54)nc(-n4c5ccccc5c5ccccc54)c(-n4c5ccccc5c5ccccc54)c3-n3c4ccccc4c4ccccc43)c2)cc1. The summed E-state index contributed by atoms with van der Waals surface area (Å²) < 4.78 is 9.84. The van der Waals surface area contributed by atoms with E-state index in [1.165, 1.54) is 0 Å². The monoisotopic (exact) mass is 968 g/mol. The molecule has 0 amide bonds. The van der Waals surface area contributed by atoms with Crippen molar-refractivity contribution < 1.29 is 0 Å². The summed E-state index contributed by atoms with van der Waals surface area (Å²) in [4.78, 5) is 12.3. The zero-order chi connectivity index (χ0) is 49.8. The second kappa shape index (κ2) is 16.6. The van der Waals surface area contributed by atoms with E-state index in [-0.39, 0.29) is 0 Å². The average Bonchev–Trinajstić information content (AvgIpc) is 4.23. The highest BCUT2D eigenvalue weighted by atomic mass is 15.2. The zero-order valence-corrected chi connectivity index (χ0v) is 41.1. The van der Waals surface area contributed by atoms with E-state index in [4.69, 9.17) is 9.97 Å². The summed E-state index contributed by atoms with van der Waals surface area (Å²) in [5, 5.41) is 9.21. The van der Waals surface area contributed by atoms with E-state index in [0.717, 1.165) is 144 Å². The van der Waals surface area contributed by atoms with Crippen LogP contribution in [0.3, 0.4) is 0 Å². The van der Waals surface area contributed by atoms with Crippen molar-refractivity contribution in [2.75, 3.05) is 0 Å². The van der Waals surface area contributed by atoms with Crippen molar-refractivity contribution in [3.63, 3.8) is 0 Å². The molecule has 0 aliphatic carbocycles. The maximum Gasteiger partial charge on any atom is 0.166 e. The summed E-state index contributed by atoms with van der Waals surface area (Å²) in [6.45, 7) is 0. The molecule has 0 atom stereocenters. The summed E-state index contributed by atoms with van der Waals surface area (Å²) in [7, 11) is 0. The largest absolute Gasteiger partial charge is 0.306 e. The maximum absolute atomic E-state index is 6.39. The molecule has 6 heterocycles. The summed E-state index contributed by atoms with van der Waals surface area (Å²) in [6, 6.07) is 96.4. The summed E-state index contributed by atoms with van der Waals surface area (Å²) >= 11 is 0. The molecular weight excluding hydrogens is 925 g/mol. The number of para-hydroxylation sites is 8. The molecule has 6 nitrogen and oxygen atoms in total. The molecule has 0 aliphatic heterocycles. The molecule has 0 aliphatic rings. The van der Waals surface area contributed by atoms with Gasteiger partial charge in [0, 0.05) is 48.7 Å². The number of fused-ring (bicyclic) bond motifs is 12. The molecule has 0 spiro atoms. The van der Waals surface area contributed by atoms with Gasteiger partial charge in [-0.2, -0.15) is 0 Å². The van der Waals surface area contributed by atoms with Gasteiger partial charge in [0.05, 0.1) is 66.8 Å². The lowest BCUT2D eigenvalue weighted by Crippen LogP contribution is -2.16. The molecule has 0 saturated carbocycles. The number of pyridine rings is 2. The zero-order valence-electron chi connectivity index (χ0n) is 41.1. The number of hydrogen-bond acceptors (Lipinski definition) is 2. The minimum Gasteiger partial charge on any atom is -0.306 e. The predicted octanol–water partition coefficient (Wildman–Crippen LogP) is 17.9. The van der Waals surface area contributed by atoms with Gasteiger partial charge in [-0.1, -0.05) is 206 Å². The lowest BCUT2D eigenvalue weighted by Gasteiger charge is -2.27. The normalized spacial score (nSPS) is 11.9. The third-order valence-corrected chi connectivity index (χ3v) is 15.6. The lowest BCUT2D eigenvalue weighted by molar-refractivity contribution is 0.963. The van der Waals surface area contributed by atoms with Gasteiger partial charge in [0.25, 0.3) is 0 Å². The Morgan fingerprint density at radius 2 is 0.500 bits per heavy atom. The summed E-state index contributed by atoms with van der Waals surface area (Å²) in [6.07, 6.45) is 0. The first-order valence-electron chi connectivity index (χ1n) is 25.9. The van der Waals surface area contributed by atoms with Crippen molar-refractivity contribution in [3.05, 3.63) is 267 Å². The Balaban J connectivity index is 1.24. The highest BCUT2D eigenvalue weighted by Gasteiger charge is 2.33. The van der Waals surface area contributed by atoms with Crippen LogP contribution in [0.2, 0.25) is 0 Å². The third-order valence-electron chi connectivity index (χ3n) is 15.6. The Kier molecular flexibility index (Phi) is 9.23. The van der Waals surface area contributed by atoms with Crippen LogP contribution < -0.4 is 0 Å². The van der Waals surface area contributed by atoms with Crippen LogP contribution in [-0.2, 0) is 0 Å². The Bertz CT molecular complexity index is 4720. The minimum absolute atomic E-state index is 0.757. The van der Waals surface area contributed by atoms with Gasteiger partial charge in [-0.15, -0.1) is 0 Å². The van der Waals surface area contributed by atoms with Crippen molar-refractivity contribution in [3.8, 4) is 56.7 Å². The predicted molar refractivity (Wildman–Crippen MR) is 316 cm³/mol. The van der Waals surface area contributed by atoms with Crippen LogP contribution >= 0.6 is 0 Å². The fourth-order valence-electron chi connectivity index (χ4n) is 12.4. The molecule has 0 N–H and O–H groups in total. The average molecular weight is 969 g/mol. The van der Waals surface area contributed by atoms with Crippen LogP contribution in [0, 0.1) is 0 Å². The molecule has 0 saturated heterocycles. The van der Waals surface area contributed by atoms with Crippen molar-refractivity contribution in [2.24, 2.45) is 0 Å². The smallest absolute Gasteiger partial charge is 0.166 e. The molecule has 76 heavy (non-hydrogen) atoms. The molecule has 0 fully saturated rings. The van der Waals surface area contributed by atoms with Crippen LogP contribution in [0.5, 0.6) is 0 Å². The molecule has 0 radical (unpaired) electrons. The molecular formula is C70H44N6. The topological polar surface area (TPSA) is 45.5 Å². The van der Waals surface area contributed by atoms with E-state index in [1.807, 2.05) is 0 Å². The van der Waals surface area contributed by atoms with E-state index in [2.05, 4.69) is 285 Å². The van der Waals surface area contributed by atoms with Crippen molar-refractivity contribution in [2.45, 2.75) is 0 Å². The Morgan fingerprint density at radius 1 is 0.211 bits per heavy atom. The van der Waals surface area contributed by atoms with Gasteiger partial charge in [-0.05, 0) is 71.8 Å². The summed E-state index contributed by atoms with van der Waals surface area (Å²) in [5.41, 5.74) is 16.1. The van der Waals surface area contributed by atoms with Gasteiger partial charge in [0.1, 0.15) is 5.69 Å². The van der Waals surface area contributed by atoms with Gasteiger partial charge in [-0.3, -0.25) is 9.13 Å². The first-order valence-corrected chi connectivity index (χ1v) is 25.9. The molecule has 6 heteroatoms. The van der Waals surface area contributed by atoms with E-state index in [0.29, 0.717) is 0 Å². The van der Waals surface area contributed by atoms with Gasteiger partial charge in [-0.25, -0.2) is 9.97 Å². The third kappa shape index (κ3) is 6.16. The standard InChI is InChI=1S/C70H44N6/c1-3-23-45(24-4-1)47-43-56(46-25-5-2-6-26-46)71-57(44-47)66-67(73-58-35-15-7-27-48(58)49-28-8-16-36-59(49)73)68(74-60-37-17-9-29-50(60)51-30-10-18-38-61(51)74)70(76-64-41-21-13-33-54(64)55-34-14-22-42-65(55)76)72-69(66)75-62-39-19-11-31-52(62)53-32-12-20-40-63(53)75/h1-44H. The minimum atomic E-state index is 0.757. The van der Waals surface area contributed by atoms with Gasteiger partial charge in [0.2, 0.25) is 0 Å². The van der Waals surface area contributed by atoms with E-state index < -0.39 is 0 Å². The highest BCUT2D eigenvalue weighted by Crippen LogP contribution is 2.49. The van der Waals surface area contributed by atoms with E-state index in [1.54, 1.807) is 0 Å². The van der Waals surface area contributed by atoms with E-state index >= 15 is 0 Å². The van der Waals surface area contributed by atoms with Crippen molar-refractivity contribution in [1.29, 1.82) is 0 Å². The second-order valence-corrected chi connectivity index (χ2v) is 19.7. The molecule has 16 aromatic rings. The highest BCUT2D eigenvalue weighted by molar-refractivity contribution is 6.16. The van der Waals surface area contributed by atoms with Gasteiger partial charge >= 0.3 is 0 Å². The number of nitrogens with zero attached hydrogens (tertiary/aromatic N) is 6. The number of rotatable bonds is 7. The van der Waals surface area contributed by atoms with Gasteiger partial charge < -0.3 is 9.13 Å². The maximum atomic E-state index is 6.39. The summed E-state index contributed by atoms with van der Waals surface area (Å²) in [5.74, 6) is 1.54. The first kappa shape index (κ1) is 42.2. The Labute approximate surface area is 436 Å². The quantitative estimate of drug-likeness (QED) is 0.160. The van der Waals surface area contributed by atoms with Crippen LogP contribution in [0.25, 0.3) is 144 Å². The van der Waals surface area contributed by atoms with Crippen molar-refractivity contribution in [1.82, 2.24) is 28.2 Å². The van der Waals surface area contributed by atoms with Crippen molar-refractivity contribution >= 4 is 87.2 Å². The molecule has 6 aromatic heterocycles. The number of benzene rings is 10. The Morgan fingerprint density at radius 3 is 0.882 bits per heavy atom. The van der Waals surface area contributed by atoms with Crippen LogP contribution in [0.4, 0.5) is 0 Å². The van der Waals surface area contributed by atoms with Gasteiger partial charge in [0.15, 0.2) is 11.6 Å². The number of aromatic nitrogens is 6. The fraction of sp³-hybridized carbons (Fsp3) is 0. The lowest BCUT2D eigenvalue weighted by atomic mass is 9.98. The molecule has 0 unspecified atom stereocenters. The fourth-order valence-corrected chi connectivity index (χ4v) is 12.4. The second-order valence-electron chi connectivity index (χ2n) is 19.7. The molecule has 0 bridgehead atoms.